The predicted octanol–water partition coefficient (Wildman–Crippen LogP) is 2.68. The molecule has 0 atom stereocenters. The molecule has 7 heteroatoms. The maximum atomic E-state index is 12.5. The Hall–Kier alpha value is -2.41. The number of anilines is 3. The minimum Gasteiger partial charge on any atom is -0.383 e. The third-order valence-electron chi connectivity index (χ3n) is 4.52. The Balaban J connectivity index is 1.82. The predicted molar refractivity (Wildman–Crippen MR) is 106 cm³/mol. The zero-order valence-corrected chi connectivity index (χ0v) is 15.3. The molecule has 1 aromatic heterocycles. The Labute approximate surface area is 152 Å². The van der Waals surface area contributed by atoms with Crippen LogP contribution in [0.5, 0.6) is 0 Å². The van der Waals surface area contributed by atoms with Crippen LogP contribution in [-0.4, -0.2) is 28.0 Å². The number of aromatic nitrogens is 2. The van der Waals surface area contributed by atoms with Gasteiger partial charge < -0.3 is 16.0 Å². The minimum absolute atomic E-state index is 0.155. The molecule has 0 spiro atoms. The summed E-state index contributed by atoms with van der Waals surface area (Å²) in [4.78, 5) is 22.1. The van der Waals surface area contributed by atoms with Crippen LogP contribution in [-0.2, 0) is 0 Å². The molecular weight excluding hydrogens is 334 g/mol. The van der Waals surface area contributed by atoms with Gasteiger partial charge in [-0.15, -0.1) is 0 Å². The van der Waals surface area contributed by atoms with Crippen LogP contribution in [0.15, 0.2) is 29.1 Å². The van der Waals surface area contributed by atoms with E-state index in [9.17, 15) is 4.79 Å². The molecule has 25 heavy (non-hydrogen) atoms. The van der Waals surface area contributed by atoms with Gasteiger partial charge in [-0.2, -0.15) is 4.98 Å². The Morgan fingerprint density at radius 2 is 2.12 bits per heavy atom. The molecule has 0 unspecified atom stereocenters. The van der Waals surface area contributed by atoms with E-state index in [1.807, 2.05) is 31.2 Å². The van der Waals surface area contributed by atoms with Crippen molar-refractivity contribution in [1.82, 2.24) is 9.97 Å². The van der Waals surface area contributed by atoms with Crippen molar-refractivity contribution >= 4 is 34.7 Å². The van der Waals surface area contributed by atoms with Crippen LogP contribution in [0.2, 0.25) is 0 Å². The number of thiocarbonyl (C=S) groups is 1. The number of nitrogen functional groups attached to an aromatic ring is 1. The van der Waals surface area contributed by atoms with Gasteiger partial charge in [-0.05, 0) is 43.4 Å². The van der Waals surface area contributed by atoms with E-state index in [-0.39, 0.29) is 21.9 Å². The Morgan fingerprint density at radius 3 is 2.76 bits per heavy atom. The lowest BCUT2D eigenvalue weighted by molar-refractivity contribution is 0.434. The molecule has 0 radical (unpaired) electrons. The summed E-state index contributed by atoms with van der Waals surface area (Å²) in [7, 11) is 0. The van der Waals surface area contributed by atoms with Crippen LogP contribution in [0, 0.1) is 12.8 Å². The van der Waals surface area contributed by atoms with E-state index in [2.05, 4.69) is 27.1 Å². The second-order valence-electron chi connectivity index (χ2n) is 6.64. The highest BCUT2D eigenvalue weighted by atomic mass is 32.1. The highest BCUT2D eigenvalue weighted by Crippen LogP contribution is 2.21. The molecule has 2 heterocycles. The van der Waals surface area contributed by atoms with Gasteiger partial charge in [0.15, 0.2) is 0 Å². The van der Waals surface area contributed by atoms with Gasteiger partial charge in [0.25, 0.3) is 5.56 Å². The average molecular weight is 357 g/mol. The van der Waals surface area contributed by atoms with Crippen molar-refractivity contribution in [3.63, 3.8) is 0 Å². The first kappa shape index (κ1) is 17.4. The van der Waals surface area contributed by atoms with Gasteiger partial charge in [-0.3, -0.25) is 9.78 Å². The minimum atomic E-state index is -0.314. The number of aryl methyl sites for hydroxylation is 1. The monoisotopic (exact) mass is 357 g/mol. The molecule has 3 rings (SSSR count). The molecule has 1 aliphatic heterocycles. The number of rotatable bonds is 3. The zero-order valence-electron chi connectivity index (χ0n) is 14.5. The van der Waals surface area contributed by atoms with Gasteiger partial charge in [0.05, 0.1) is 0 Å². The second-order valence-corrected chi connectivity index (χ2v) is 7.05. The summed E-state index contributed by atoms with van der Waals surface area (Å²) in [5, 5.41) is 3.06. The van der Waals surface area contributed by atoms with E-state index >= 15 is 0 Å². The van der Waals surface area contributed by atoms with Crippen molar-refractivity contribution in [2.75, 3.05) is 29.0 Å². The molecule has 6 nitrogen and oxygen atoms in total. The maximum Gasteiger partial charge on any atom is 0.264 e. The molecular formula is C18H23N5OS. The number of aromatic amines is 1. The number of hydrogen-bond donors (Lipinski definition) is 3. The van der Waals surface area contributed by atoms with Crippen LogP contribution in [0.3, 0.4) is 0 Å². The third-order valence-corrected chi connectivity index (χ3v) is 4.83. The Morgan fingerprint density at radius 1 is 1.40 bits per heavy atom. The fraction of sp³-hybridized carbons (Fsp3) is 0.389. The molecule has 0 aliphatic carbocycles. The quantitative estimate of drug-likeness (QED) is 0.732. The van der Waals surface area contributed by atoms with E-state index in [1.54, 1.807) is 0 Å². The molecule has 0 amide bonds. The van der Waals surface area contributed by atoms with E-state index in [0.29, 0.717) is 11.9 Å². The number of nitrogens with zero attached hydrogens (tertiary/aromatic N) is 2. The topological polar surface area (TPSA) is 87.0 Å². The summed E-state index contributed by atoms with van der Waals surface area (Å²) < 4.78 is 0. The van der Waals surface area contributed by atoms with Crippen LogP contribution in [0.25, 0.3) is 0 Å². The molecule has 0 saturated carbocycles. The lowest BCUT2D eigenvalue weighted by Crippen LogP contribution is -2.36. The summed E-state index contributed by atoms with van der Waals surface area (Å²) >= 11 is 5.37. The molecule has 132 valence electrons. The first-order valence-electron chi connectivity index (χ1n) is 8.47. The summed E-state index contributed by atoms with van der Waals surface area (Å²) in [6, 6.07) is 7.76. The molecule has 0 bridgehead atoms. The Bertz CT molecular complexity index is 840. The lowest BCUT2D eigenvalue weighted by Gasteiger charge is -2.30. The van der Waals surface area contributed by atoms with E-state index in [4.69, 9.17) is 18.0 Å². The van der Waals surface area contributed by atoms with E-state index in [1.165, 1.54) is 0 Å². The second kappa shape index (κ2) is 7.23. The van der Waals surface area contributed by atoms with Crippen molar-refractivity contribution in [1.29, 1.82) is 0 Å². The molecule has 1 fully saturated rings. The average Bonchev–Trinajstić information content (AvgIpc) is 2.54. The van der Waals surface area contributed by atoms with E-state index < -0.39 is 0 Å². The van der Waals surface area contributed by atoms with Crippen molar-refractivity contribution in [3.8, 4) is 0 Å². The first-order valence-corrected chi connectivity index (χ1v) is 8.87. The molecule has 1 saturated heterocycles. The van der Waals surface area contributed by atoms with Crippen LogP contribution in [0.1, 0.15) is 30.9 Å². The Kier molecular flexibility index (Phi) is 5.03. The fourth-order valence-electron chi connectivity index (χ4n) is 2.98. The van der Waals surface area contributed by atoms with Gasteiger partial charge in [0.2, 0.25) is 5.95 Å². The normalized spacial score (nSPS) is 15.2. The molecule has 1 aromatic carbocycles. The number of benzene rings is 1. The van der Waals surface area contributed by atoms with Crippen LogP contribution in [0.4, 0.5) is 17.5 Å². The zero-order chi connectivity index (χ0) is 18.0. The highest BCUT2D eigenvalue weighted by molar-refractivity contribution is 7.81. The van der Waals surface area contributed by atoms with Gasteiger partial charge in [-0.1, -0.05) is 31.3 Å². The van der Waals surface area contributed by atoms with Gasteiger partial charge in [0, 0.05) is 18.8 Å². The van der Waals surface area contributed by atoms with Crippen molar-refractivity contribution in [2.24, 2.45) is 5.92 Å². The number of nitrogens with one attached hydrogen (secondary N) is 2. The van der Waals surface area contributed by atoms with Crippen LogP contribution < -0.4 is 21.5 Å². The van der Waals surface area contributed by atoms with Gasteiger partial charge >= 0.3 is 0 Å². The molecule has 4 N–H and O–H groups in total. The maximum absolute atomic E-state index is 12.5. The largest absolute Gasteiger partial charge is 0.383 e. The third kappa shape index (κ3) is 3.99. The fourth-order valence-corrected chi connectivity index (χ4v) is 3.30. The van der Waals surface area contributed by atoms with Gasteiger partial charge in [0.1, 0.15) is 16.4 Å². The van der Waals surface area contributed by atoms with Crippen LogP contribution >= 0.6 is 12.2 Å². The molecule has 1 aliphatic rings. The highest BCUT2D eigenvalue weighted by Gasteiger charge is 2.20. The number of hydrogen-bond acceptors (Lipinski definition) is 5. The lowest BCUT2D eigenvalue weighted by atomic mass is 10.00. The van der Waals surface area contributed by atoms with Gasteiger partial charge in [-0.25, -0.2) is 0 Å². The summed E-state index contributed by atoms with van der Waals surface area (Å²) in [6.45, 7) is 5.97. The summed E-state index contributed by atoms with van der Waals surface area (Å²) in [5.41, 5.74) is 7.87. The van der Waals surface area contributed by atoms with Crippen molar-refractivity contribution < 1.29 is 0 Å². The number of nitrogens with two attached hydrogens (primary N) is 1. The first-order chi connectivity index (χ1) is 11.9. The van der Waals surface area contributed by atoms with E-state index in [0.717, 1.165) is 37.2 Å². The van der Waals surface area contributed by atoms with Crippen molar-refractivity contribution in [3.05, 3.63) is 45.7 Å². The summed E-state index contributed by atoms with van der Waals surface area (Å²) in [6.07, 6.45) is 2.16. The smallest absolute Gasteiger partial charge is 0.264 e. The van der Waals surface area contributed by atoms with Crippen molar-refractivity contribution in [2.45, 2.75) is 26.7 Å². The number of piperidine rings is 1. The molecule has 2 aromatic rings. The SMILES string of the molecule is Cc1cccc(NC(=S)c2c(N)nc(N3CCC(C)CC3)[nH]c2=O)c1. The number of H-pyrrole nitrogens is 1. The summed E-state index contributed by atoms with van der Waals surface area (Å²) in [5.74, 6) is 1.38. The standard InChI is InChI=1S/C18H23N5OS/c1-11-6-8-23(9-7-11)18-21-15(19)14(16(24)22-18)17(25)20-13-5-3-4-12(2)10-13/h3-5,10-11H,6-9H2,1-2H3,(H,20,25)(H3,19,21,22,24).